The van der Waals surface area contributed by atoms with Gasteiger partial charge in [0.1, 0.15) is 5.82 Å². The van der Waals surface area contributed by atoms with Gasteiger partial charge in [-0.2, -0.15) is 0 Å². The van der Waals surface area contributed by atoms with Crippen molar-refractivity contribution in [3.8, 4) is 0 Å². The summed E-state index contributed by atoms with van der Waals surface area (Å²) in [6.07, 6.45) is 3.60. The van der Waals surface area contributed by atoms with Crippen molar-refractivity contribution in [1.29, 1.82) is 0 Å². The molecule has 0 radical (unpaired) electrons. The third-order valence-electron chi connectivity index (χ3n) is 6.04. The molecule has 0 spiro atoms. The Bertz CT molecular complexity index is 1050. The standard InChI is InChI=1S/C25H21ClN4/c1-16-27-14-12-19(29-16)23-21(17-8-4-2-5-9-17)24(20-13-15-28-25(26)30-20)22(23)18-10-6-3-7-11-18/h2-15,21-24H,1H3/t21-,22-,23?,24?/m1/s1. The summed E-state index contributed by atoms with van der Waals surface area (Å²) in [7, 11) is 0. The lowest BCUT2D eigenvalue weighted by Crippen LogP contribution is -2.41. The van der Waals surface area contributed by atoms with Crippen LogP contribution in [0.4, 0.5) is 0 Å². The van der Waals surface area contributed by atoms with Crippen LogP contribution in [-0.4, -0.2) is 19.9 Å². The molecule has 2 aromatic carbocycles. The molecule has 148 valence electrons. The first-order valence-corrected chi connectivity index (χ1v) is 10.5. The third kappa shape index (κ3) is 3.37. The minimum absolute atomic E-state index is 0.176. The summed E-state index contributed by atoms with van der Waals surface area (Å²) < 4.78 is 0. The highest BCUT2D eigenvalue weighted by atomic mass is 35.5. The van der Waals surface area contributed by atoms with Gasteiger partial charge in [0, 0.05) is 47.5 Å². The summed E-state index contributed by atoms with van der Waals surface area (Å²) in [6.45, 7) is 1.94. The third-order valence-corrected chi connectivity index (χ3v) is 6.23. The normalized spacial score (nSPS) is 23.0. The van der Waals surface area contributed by atoms with E-state index < -0.39 is 0 Å². The maximum Gasteiger partial charge on any atom is 0.222 e. The first-order valence-electron chi connectivity index (χ1n) is 10.1. The van der Waals surface area contributed by atoms with Crippen LogP contribution in [0.3, 0.4) is 0 Å². The monoisotopic (exact) mass is 412 g/mol. The molecule has 1 saturated carbocycles. The van der Waals surface area contributed by atoms with E-state index in [0.717, 1.165) is 17.2 Å². The summed E-state index contributed by atoms with van der Waals surface area (Å²) >= 11 is 6.19. The van der Waals surface area contributed by atoms with Crippen molar-refractivity contribution in [2.24, 2.45) is 0 Å². The van der Waals surface area contributed by atoms with Gasteiger partial charge >= 0.3 is 0 Å². The molecule has 5 heteroatoms. The molecule has 1 aliphatic carbocycles. The van der Waals surface area contributed by atoms with Crippen molar-refractivity contribution in [3.63, 3.8) is 0 Å². The molecule has 5 rings (SSSR count). The molecule has 30 heavy (non-hydrogen) atoms. The molecule has 1 fully saturated rings. The molecular weight excluding hydrogens is 392 g/mol. The molecular formula is C25H21ClN4. The molecule has 4 aromatic rings. The fourth-order valence-electron chi connectivity index (χ4n) is 4.86. The van der Waals surface area contributed by atoms with E-state index in [0.29, 0.717) is 0 Å². The van der Waals surface area contributed by atoms with Gasteiger partial charge in [-0.15, -0.1) is 0 Å². The molecule has 0 bridgehead atoms. The van der Waals surface area contributed by atoms with Crippen molar-refractivity contribution in [2.45, 2.75) is 30.6 Å². The van der Waals surface area contributed by atoms with Gasteiger partial charge in [0.15, 0.2) is 0 Å². The van der Waals surface area contributed by atoms with Crippen LogP contribution < -0.4 is 0 Å². The first-order chi connectivity index (χ1) is 14.7. The average molecular weight is 413 g/mol. The smallest absolute Gasteiger partial charge is 0.222 e. The van der Waals surface area contributed by atoms with E-state index >= 15 is 0 Å². The lowest BCUT2D eigenvalue weighted by molar-refractivity contribution is 0.219. The SMILES string of the molecule is Cc1nccc(C2[C@@H](c3ccccc3)C(c3ccnc(Cl)n3)[C@@H]2c2ccccc2)n1. The predicted octanol–water partition coefficient (Wildman–Crippen LogP) is 5.68. The van der Waals surface area contributed by atoms with Crippen LogP contribution in [0.5, 0.6) is 0 Å². The molecule has 0 unspecified atom stereocenters. The van der Waals surface area contributed by atoms with Crippen molar-refractivity contribution in [2.75, 3.05) is 0 Å². The zero-order valence-corrected chi connectivity index (χ0v) is 17.3. The highest BCUT2D eigenvalue weighted by Crippen LogP contribution is 2.65. The Kier molecular flexibility index (Phi) is 5.01. The minimum Gasteiger partial charge on any atom is -0.242 e. The minimum atomic E-state index is 0.176. The van der Waals surface area contributed by atoms with Gasteiger partial charge in [-0.3, -0.25) is 0 Å². The summed E-state index contributed by atoms with van der Waals surface area (Å²) in [6, 6.07) is 25.3. The number of hydrogen-bond acceptors (Lipinski definition) is 4. The number of halogens is 1. The molecule has 2 heterocycles. The van der Waals surface area contributed by atoms with E-state index in [4.69, 9.17) is 16.6 Å². The van der Waals surface area contributed by atoms with Gasteiger partial charge < -0.3 is 0 Å². The second kappa shape index (κ2) is 7.96. The average Bonchev–Trinajstić information content (AvgIpc) is 2.75. The van der Waals surface area contributed by atoms with Gasteiger partial charge in [0.2, 0.25) is 5.28 Å². The Morgan fingerprint density at radius 1 is 0.600 bits per heavy atom. The summed E-state index contributed by atoms with van der Waals surface area (Å²) in [5.74, 6) is 1.65. The highest BCUT2D eigenvalue weighted by Gasteiger charge is 2.54. The number of nitrogens with zero attached hydrogens (tertiary/aromatic N) is 4. The number of benzene rings is 2. The predicted molar refractivity (Wildman–Crippen MR) is 118 cm³/mol. The van der Waals surface area contributed by atoms with E-state index in [1.807, 2.05) is 25.3 Å². The fraction of sp³-hybridized carbons (Fsp3) is 0.200. The summed E-state index contributed by atoms with van der Waals surface area (Å²) in [5, 5.41) is 0.285. The Hall–Kier alpha value is -3.11. The second-order valence-electron chi connectivity index (χ2n) is 7.70. The van der Waals surface area contributed by atoms with Crippen LogP contribution in [0.1, 0.15) is 52.0 Å². The summed E-state index contributed by atoms with van der Waals surface area (Å²) in [4.78, 5) is 17.9. The van der Waals surface area contributed by atoms with E-state index in [1.165, 1.54) is 11.1 Å². The van der Waals surface area contributed by atoms with Gasteiger partial charge in [0.05, 0.1) is 0 Å². The van der Waals surface area contributed by atoms with Gasteiger partial charge in [-0.1, -0.05) is 60.7 Å². The van der Waals surface area contributed by atoms with Crippen LogP contribution in [0.2, 0.25) is 5.28 Å². The van der Waals surface area contributed by atoms with Crippen LogP contribution >= 0.6 is 11.6 Å². The zero-order valence-electron chi connectivity index (χ0n) is 16.6. The van der Waals surface area contributed by atoms with E-state index in [-0.39, 0.29) is 29.0 Å². The zero-order chi connectivity index (χ0) is 20.5. The summed E-state index contributed by atoms with van der Waals surface area (Å²) in [5.41, 5.74) is 4.61. The van der Waals surface area contributed by atoms with Crippen LogP contribution in [0.15, 0.2) is 85.2 Å². The van der Waals surface area contributed by atoms with E-state index in [1.54, 1.807) is 6.20 Å². The lowest BCUT2D eigenvalue weighted by Gasteiger charge is -2.52. The van der Waals surface area contributed by atoms with Crippen LogP contribution in [0, 0.1) is 6.92 Å². The molecule has 0 N–H and O–H groups in total. The Morgan fingerprint density at radius 2 is 1.10 bits per heavy atom. The molecule has 0 saturated heterocycles. The number of hydrogen-bond donors (Lipinski definition) is 0. The van der Waals surface area contributed by atoms with Crippen molar-refractivity contribution in [3.05, 3.63) is 119 Å². The molecule has 0 amide bonds. The quantitative estimate of drug-likeness (QED) is 0.405. The van der Waals surface area contributed by atoms with Crippen molar-refractivity contribution < 1.29 is 0 Å². The Labute approximate surface area is 181 Å². The molecule has 1 aliphatic rings. The van der Waals surface area contributed by atoms with Gasteiger partial charge in [0.25, 0.3) is 0 Å². The molecule has 4 nitrogen and oxygen atoms in total. The Morgan fingerprint density at radius 3 is 1.60 bits per heavy atom. The lowest BCUT2D eigenvalue weighted by atomic mass is 9.50. The van der Waals surface area contributed by atoms with Gasteiger partial charge in [-0.05, 0) is 41.8 Å². The number of rotatable bonds is 4. The number of aromatic nitrogens is 4. The molecule has 2 aromatic heterocycles. The van der Waals surface area contributed by atoms with Gasteiger partial charge in [-0.25, -0.2) is 19.9 Å². The molecule has 2 atom stereocenters. The fourth-order valence-corrected chi connectivity index (χ4v) is 5.01. The topological polar surface area (TPSA) is 51.6 Å². The largest absolute Gasteiger partial charge is 0.242 e. The maximum absolute atomic E-state index is 6.19. The van der Waals surface area contributed by atoms with Crippen LogP contribution in [0.25, 0.3) is 0 Å². The Balaban J connectivity index is 1.69. The number of aryl methyl sites for hydroxylation is 1. The van der Waals surface area contributed by atoms with Crippen molar-refractivity contribution >= 4 is 11.6 Å². The van der Waals surface area contributed by atoms with Crippen LogP contribution in [-0.2, 0) is 0 Å². The molecule has 0 aliphatic heterocycles. The second-order valence-corrected chi connectivity index (χ2v) is 8.04. The highest BCUT2D eigenvalue weighted by molar-refractivity contribution is 6.28. The van der Waals surface area contributed by atoms with Crippen molar-refractivity contribution in [1.82, 2.24) is 19.9 Å². The van der Waals surface area contributed by atoms with E-state index in [2.05, 4.69) is 75.6 Å². The maximum atomic E-state index is 6.19. The van der Waals surface area contributed by atoms with E-state index in [9.17, 15) is 0 Å². The first kappa shape index (κ1) is 18.9.